The molecule has 1 aliphatic carbocycles. The molecule has 0 bridgehead atoms. The minimum absolute atomic E-state index is 0.00187. The van der Waals surface area contributed by atoms with Crippen molar-refractivity contribution in [3.05, 3.63) is 28.2 Å². The van der Waals surface area contributed by atoms with Crippen molar-refractivity contribution in [3.8, 4) is 0 Å². The molecule has 1 fully saturated rings. The molecule has 0 aliphatic heterocycles. The summed E-state index contributed by atoms with van der Waals surface area (Å²) in [6.45, 7) is -0.135. The van der Waals surface area contributed by atoms with E-state index in [1.807, 2.05) is 0 Å². The molecule has 106 valence electrons. The van der Waals surface area contributed by atoms with Gasteiger partial charge < -0.3 is 5.11 Å². The number of aliphatic hydroxyl groups is 1. The molecule has 0 saturated heterocycles. The maximum absolute atomic E-state index is 12.6. The zero-order valence-corrected chi connectivity index (χ0v) is 12.5. The Morgan fingerprint density at radius 3 is 2.53 bits per heavy atom. The van der Waals surface area contributed by atoms with E-state index in [1.165, 1.54) is 16.4 Å². The van der Waals surface area contributed by atoms with Crippen LogP contribution in [0.5, 0.6) is 0 Å². The molecule has 0 radical (unpaired) electrons. The summed E-state index contributed by atoms with van der Waals surface area (Å²) in [5.41, 5.74) is 0. The molecule has 0 unspecified atom stereocenters. The Morgan fingerprint density at radius 2 is 2.00 bits per heavy atom. The van der Waals surface area contributed by atoms with Crippen LogP contribution in [-0.2, 0) is 10.0 Å². The van der Waals surface area contributed by atoms with Gasteiger partial charge in [0.05, 0.1) is 11.6 Å². The van der Waals surface area contributed by atoms with Gasteiger partial charge in [0.2, 0.25) is 10.0 Å². The topological polar surface area (TPSA) is 57.6 Å². The van der Waals surface area contributed by atoms with Crippen LogP contribution < -0.4 is 0 Å². The van der Waals surface area contributed by atoms with Crippen LogP contribution in [0.1, 0.15) is 19.3 Å². The molecular formula is C12H15Cl2NO3S. The third-order valence-electron chi connectivity index (χ3n) is 3.28. The number of nitrogens with zero attached hydrogens (tertiary/aromatic N) is 1. The van der Waals surface area contributed by atoms with Crippen molar-refractivity contribution < 1.29 is 13.5 Å². The van der Waals surface area contributed by atoms with E-state index in [4.69, 9.17) is 28.3 Å². The Morgan fingerprint density at radius 1 is 1.32 bits per heavy atom. The summed E-state index contributed by atoms with van der Waals surface area (Å²) in [5.74, 6) is 0. The number of sulfonamides is 1. The van der Waals surface area contributed by atoms with Crippen LogP contribution in [0.4, 0.5) is 0 Å². The predicted octanol–water partition coefficient (Wildman–Crippen LogP) is 2.53. The second kappa shape index (κ2) is 5.97. The van der Waals surface area contributed by atoms with Crippen molar-refractivity contribution in [1.82, 2.24) is 4.31 Å². The summed E-state index contributed by atoms with van der Waals surface area (Å²) < 4.78 is 26.5. The number of halogens is 2. The molecule has 0 heterocycles. The maximum Gasteiger partial charge on any atom is 0.244 e. The number of benzene rings is 1. The van der Waals surface area contributed by atoms with Gasteiger partial charge in [-0.1, -0.05) is 29.6 Å². The minimum Gasteiger partial charge on any atom is -0.395 e. The number of rotatable bonds is 5. The number of hydrogen-bond acceptors (Lipinski definition) is 3. The fourth-order valence-electron chi connectivity index (χ4n) is 2.07. The Bertz CT molecular complexity index is 558. The Labute approximate surface area is 123 Å². The van der Waals surface area contributed by atoms with Crippen molar-refractivity contribution >= 4 is 33.2 Å². The molecular weight excluding hydrogens is 309 g/mol. The van der Waals surface area contributed by atoms with Crippen LogP contribution in [0.2, 0.25) is 10.0 Å². The van der Waals surface area contributed by atoms with Crippen LogP contribution >= 0.6 is 23.2 Å². The van der Waals surface area contributed by atoms with Gasteiger partial charge in [-0.2, -0.15) is 4.31 Å². The van der Waals surface area contributed by atoms with E-state index >= 15 is 0 Å². The average molecular weight is 324 g/mol. The maximum atomic E-state index is 12.6. The second-order valence-electron chi connectivity index (χ2n) is 4.50. The lowest BCUT2D eigenvalue weighted by atomic mass is 9.93. The molecule has 19 heavy (non-hydrogen) atoms. The Hall–Kier alpha value is -0.330. The van der Waals surface area contributed by atoms with Crippen LogP contribution in [-0.4, -0.2) is 37.0 Å². The number of hydrogen-bond donors (Lipinski definition) is 1. The molecule has 0 amide bonds. The lowest BCUT2D eigenvalue weighted by Gasteiger charge is -2.36. The summed E-state index contributed by atoms with van der Waals surface area (Å²) in [6, 6.07) is 4.31. The Kier molecular flexibility index (Phi) is 4.74. The van der Waals surface area contributed by atoms with Gasteiger partial charge in [-0.3, -0.25) is 0 Å². The first-order chi connectivity index (χ1) is 8.96. The Balaban J connectivity index is 2.40. The van der Waals surface area contributed by atoms with Crippen LogP contribution in [0.15, 0.2) is 23.1 Å². The molecule has 2 rings (SSSR count). The summed E-state index contributed by atoms with van der Waals surface area (Å²) in [5, 5.41) is 9.54. The van der Waals surface area contributed by atoms with Crippen molar-refractivity contribution in [1.29, 1.82) is 0 Å². The average Bonchev–Trinajstić information content (AvgIpc) is 2.29. The molecule has 4 nitrogen and oxygen atoms in total. The van der Waals surface area contributed by atoms with Gasteiger partial charge in [0.25, 0.3) is 0 Å². The van der Waals surface area contributed by atoms with Crippen molar-refractivity contribution in [2.45, 2.75) is 30.2 Å². The smallest absolute Gasteiger partial charge is 0.244 e. The van der Waals surface area contributed by atoms with Gasteiger partial charge in [-0.25, -0.2) is 8.42 Å². The van der Waals surface area contributed by atoms with Crippen LogP contribution in [0, 0.1) is 0 Å². The van der Waals surface area contributed by atoms with E-state index in [-0.39, 0.29) is 29.1 Å². The highest BCUT2D eigenvalue weighted by Gasteiger charge is 2.35. The monoisotopic (exact) mass is 323 g/mol. The molecule has 0 aromatic heterocycles. The molecule has 1 aliphatic rings. The largest absolute Gasteiger partial charge is 0.395 e. The first-order valence-electron chi connectivity index (χ1n) is 6.04. The summed E-state index contributed by atoms with van der Waals surface area (Å²) in [7, 11) is -3.72. The molecule has 0 spiro atoms. The summed E-state index contributed by atoms with van der Waals surface area (Å²) in [6.07, 6.45) is 2.64. The van der Waals surface area contributed by atoms with Gasteiger partial charge in [-0.15, -0.1) is 0 Å². The highest BCUT2D eigenvalue weighted by molar-refractivity contribution is 7.89. The molecule has 1 saturated carbocycles. The lowest BCUT2D eigenvalue weighted by molar-refractivity contribution is 0.178. The SMILES string of the molecule is O=S(=O)(c1cc(Cl)ccc1Cl)N(CCO)C1CCC1. The van der Waals surface area contributed by atoms with Crippen LogP contribution in [0.3, 0.4) is 0 Å². The second-order valence-corrected chi connectivity index (χ2v) is 7.20. The van der Waals surface area contributed by atoms with Crippen molar-refractivity contribution in [2.75, 3.05) is 13.2 Å². The molecule has 1 aromatic carbocycles. The first-order valence-corrected chi connectivity index (χ1v) is 8.24. The van der Waals surface area contributed by atoms with Gasteiger partial charge in [-0.05, 0) is 31.0 Å². The predicted molar refractivity (Wildman–Crippen MR) is 75.1 cm³/mol. The summed E-state index contributed by atoms with van der Waals surface area (Å²) in [4.78, 5) is 0.00187. The third-order valence-corrected chi connectivity index (χ3v) is 5.95. The van der Waals surface area contributed by atoms with Crippen molar-refractivity contribution in [2.24, 2.45) is 0 Å². The molecule has 0 atom stereocenters. The van der Waals surface area contributed by atoms with Gasteiger partial charge >= 0.3 is 0 Å². The fourth-order valence-corrected chi connectivity index (χ4v) is 4.49. The van der Waals surface area contributed by atoms with Gasteiger partial charge in [0.1, 0.15) is 4.90 Å². The molecule has 1 N–H and O–H groups in total. The van der Waals surface area contributed by atoms with Gasteiger partial charge in [0, 0.05) is 17.6 Å². The highest BCUT2D eigenvalue weighted by atomic mass is 35.5. The summed E-state index contributed by atoms with van der Waals surface area (Å²) >= 11 is 11.8. The lowest BCUT2D eigenvalue weighted by Crippen LogP contribution is -2.45. The zero-order valence-electron chi connectivity index (χ0n) is 10.2. The van der Waals surface area contributed by atoms with E-state index in [1.54, 1.807) is 6.07 Å². The van der Waals surface area contributed by atoms with Crippen LogP contribution in [0.25, 0.3) is 0 Å². The zero-order chi connectivity index (χ0) is 14.0. The third kappa shape index (κ3) is 3.06. The van der Waals surface area contributed by atoms with E-state index in [0.29, 0.717) is 5.02 Å². The molecule has 1 aromatic rings. The molecule has 7 heteroatoms. The minimum atomic E-state index is -3.72. The van der Waals surface area contributed by atoms with E-state index in [0.717, 1.165) is 19.3 Å². The van der Waals surface area contributed by atoms with Gasteiger partial charge in [0.15, 0.2) is 0 Å². The normalized spacial score (nSPS) is 16.6. The first kappa shape index (κ1) is 15.1. The van der Waals surface area contributed by atoms with E-state index < -0.39 is 10.0 Å². The van der Waals surface area contributed by atoms with E-state index in [2.05, 4.69) is 0 Å². The van der Waals surface area contributed by atoms with Crippen molar-refractivity contribution in [3.63, 3.8) is 0 Å². The van der Waals surface area contributed by atoms with E-state index in [9.17, 15) is 8.42 Å². The quantitative estimate of drug-likeness (QED) is 0.905. The standard InChI is InChI=1S/C12H15Cl2NO3S/c13-9-4-5-11(14)12(8-9)19(17,18)15(6-7-16)10-2-1-3-10/h4-5,8,10,16H,1-3,6-7H2. The highest BCUT2D eigenvalue weighted by Crippen LogP contribution is 2.33. The number of aliphatic hydroxyl groups excluding tert-OH is 1. The fraction of sp³-hybridized carbons (Fsp3) is 0.500.